The second-order valence-corrected chi connectivity index (χ2v) is 5.21. The van der Waals surface area contributed by atoms with Crippen LogP contribution in [0.2, 0.25) is 0 Å². The van der Waals surface area contributed by atoms with Crippen LogP contribution in [0.15, 0.2) is 35.8 Å². The molecule has 1 unspecified atom stereocenters. The third-order valence-electron chi connectivity index (χ3n) is 2.77. The van der Waals surface area contributed by atoms with Crippen molar-refractivity contribution in [2.24, 2.45) is 5.73 Å². The highest BCUT2D eigenvalue weighted by Gasteiger charge is 2.03. The standard InChI is InChI=1S/C14H18N2OS/c1-2-12(15)8-11-4-3-5-13(9-11)17-10-14-16-6-7-18-14/h3-7,9,12H,2,8,10,15H2,1H3. The zero-order valence-electron chi connectivity index (χ0n) is 10.5. The monoisotopic (exact) mass is 262 g/mol. The summed E-state index contributed by atoms with van der Waals surface area (Å²) in [4.78, 5) is 4.19. The molecule has 1 atom stereocenters. The van der Waals surface area contributed by atoms with Gasteiger partial charge in [-0.15, -0.1) is 11.3 Å². The maximum absolute atomic E-state index is 5.96. The number of benzene rings is 1. The molecule has 0 aliphatic heterocycles. The minimum absolute atomic E-state index is 0.221. The molecule has 0 spiro atoms. The average Bonchev–Trinajstić information content (AvgIpc) is 2.90. The van der Waals surface area contributed by atoms with E-state index in [1.54, 1.807) is 17.5 Å². The van der Waals surface area contributed by atoms with E-state index in [0.717, 1.165) is 23.6 Å². The first kappa shape index (κ1) is 13.1. The molecular weight excluding hydrogens is 244 g/mol. The smallest absolute Gasteiger partial charge is 0.140 e. The molecule has 0 aliphatic rings. The third-order valence-corrected chi connectivity index (χ3v) is 3.52. The third kappa shape index (κ3) is 3.82. The van der Waals surface area contributed by atoms with Crippen molar-refractivity contribution in [3.63, 3.8) is 0 Å². The van der Waals surface area contributed by atoms with E-state index in [1.165, 1.54) is 5.56 Å². The van der Waals surface area contributed by atoms with Crippen LogP contribution in [0.4, 0.5) is 0 Å². The van der Waals surface area contributed by atoms with E-state index in [1.807, 2.05) is 17.5 Å². The molecule has 2 rings (SSSR count). The number of nitrogens with zero attached hydrogens (tertiary/aromatic N) is 1. The van der Waals surface area contributed by atoms with Gasteiger partial charge in [-0.1, -0.05) is 19.1 Å². The van der Waals surface area contributed by atoms with Gasteiger partial charge in [0, 0.05) is 17.6 Å². The minimum Gasteiger partial charge on any atom is -0.486 e. The summed E-state index contributed by atoms with van der Waals surface area (Å²) in [6.07, 6.45) is 3.68. The van der Waals surface area contributed by atoms with E-state index in [0.29, 0.717) is 6.61 Å². The Morgan fingerprint density at radius 1 is 1.44 bits per heavy atom. The highest BCUT2D eigenvalue weighted by Crippen LogP contribution is 2.17. The number of hydrogen-bond acceptors (Lipinski definition) is 4. The molecule has 2 aromatic rings. The first-order chi connectivity index (χ1) is 8.78. The predicted octanol–water partition coefficient (Wildman–Crippen LogP) is 3.00. The quantitative estimate of drug-likeness (QED) is 0.870. The highest BCUT2D eigenvalue weighted by atomic mass is 32.1. The Bertz CT molecular complexity index is 470. The average molecular weight is 262 g/mol. The molecule has 0 radical (unpaired) electrons. The number of hydrogen-bond donors (Lipinski definition) is 1. The minimum atomic E-state index is 0.221. The zero-order chi connectivity index (χ0) is 12.8. The first-order valence-corrected chi connectivity index (χ1v) is 7.01. The molecule has 0 amide bonds. The molecule has 4 heteroatoms. The molecule has 18 heavy (non-hydrogen) atoms. The fourth-order valence-electron chi connectivity index (χ4n) is 1.68. The molecule has 0 saturated carbocycles. The van der Waals surface area contributed by atoms with E-state index in [2.05, 4.69) is 24.0 Å². The lowest BCUT2D eigenvalue weighted by Gasteiger charge is -2.10. The fourth-order valence-corrected chi connectivity index (χ4v) is 2.21. The van der Waals surface area contributed by atoms with Crippen molar-refractivity contribution in [2.45, 2.75) is 32.4 Å². The first-order valence-electron chi connectivity index (χ1n) is 6.13. The highest BCUT2D eigenvalue weighted by molar-refractivity contribution is 7.09. The summed E-state index contributed by atoms with van der Waals surface area (Å²) in [5.74, 6) is 0.881. The van der Waals surface area contributed by atoms with Gasteiger partial charge < -0.3 is 10.5 Å². The molecule has 2 N–H and O–H groups in total. The molecule has 1 aromatic heterocycles. The van der Waals surface area contributed by atoms with E-state index in [4.69, 9.17) is 10.5 Å². The number of ether oxygens (including phenoxy) is 1. The van der Waals surface area contributed by atoms with Gasteiger partial charge in [-0.2, -0.15) is 0 Å². The molecule has 0 fully saturated rings. The van der Waals surface area contributed by atoms with E-state index >= 15 is 0 Å². The molecule has 96 valence electrons. The zero-order valence-corrected chi connectivity index (χ0v) is 11.3. The maximum Gasteiger partial charge on any atom is 0.140 e. The van der Waals surface area contributed by atoms with Gasteiger partial charge in [0.15, 0.2) is 0 Å². The van der Waals surface area contributed by atoms with Crippen LogP contribution in [-0.4, -0.2) is 11.0 Å². The van der Waals surface area contributed by atoms with Gasteiger partial charge in [0.1, 0.15) is 17.4 Å². The number of aromatic nitrogens is 1. The van der Waals surface area contributed by atoms with E-state index < -0.39 is 0 Å². The van der Waals surface area contributed by atoms with Gasteiger partial charge in [0.2, 0.25) is 0 Å². The molecular formula is C14H18N2OS. The lowest BCUT2D eigenvalue weighted by atomic mass is 10.0. The van der Waals surface area contributed by atoms with Crippen LogP contribution in [0.3, 0.4) is 0 Å². The molecule has 0 bridgehead atoms. The van der Waals surface area contributed by atoms with Gasteiger partial charge in [-0.25, -0.2) is 4.98 Å². The second-order valence-electron chi connectivity index (χ2n) is 4.23. The van der Waals surface area contributed by atoms with Gasteiger partial charge >= 0.3 is 0 Å². The molecule has 0 aliphatic carbocycles. The van der Waals surface area contributed by atoms with E-state index in [9.17, 15) is 0 Å². The van der Waals surface area contributed by atoms with Gasteiger partial charge in [-0.05, 0) is 30.5 Å². The maximum atomic E-state index is 5.96. The summed E-state index contributed by atoms with van der Waals surface area (Å²) in [6.45, 7) is 2.63. The summed E-state index contributed by atoms with van der Waals surface area (Å²) in [6, 6.07) is 8.34. The van der Waals surface area contributed by atoms with Crippen LogP contribution < -0.4 is 10.5 Å². The summed E-state index contributed by atoms with van der Waals surface area (Å²) < 4.78 is 5.71. The van der Waals surface area contributed by atoms with Crippen LogP contribution in [-0.2, 0) is 13.0 Å². The Morgan fingerprint density at radius 3 is 3.06 bits per heavy atom. The lowest BCUT2D eigenvalue weighted by molar-refractivity contribution is 0.305. The predicted molar refractivity (Wildman–Crippen MR) is 74.9 cm³/mol. The molecule has 1 heterocycles. The summed E-state index contributed by atoms with van der Waals surface area (Å²) in [5.41, 5.74) is 7.18. The number of nitrogens with two attached hydrogens (primary N) is 1. The van der Waals surface area contributed by atoms with Crippen molar-refractivity contribution in [3.05, 3.63) is 46.4 Å². The van der Waals surface area contributed by atoms with Crippen molar-refractivity contribution in [1.82, 2.24) is 4.98 Å². The van der Waals surface area contributed by atoms with Crippen LogP contribution in [0, 0.1) is 0 Å². The normalized spacial score (nSPS) is 12.3. The van der Waals surface area contributed by atoms with Crippen molar-refractivity contribution in [2.75, 3.05) is 0 Å². The van der Waals surface area contributed by atoms with Crippen molar-refractivity contribution >= 4 is 11.3 Å². The van der Waals surface area contributed by atoms with Gasteiger partial charge in [0.05, 0.1) is 0 Å². The Hall–Kier alpha value is -1.39. The lowest BCUT2D eigenvalue weighted by Crippen LogP contribution is -2.21. The Balaban J connectivity index is 1.94. The Labute approximate surface area is 112 Å². The van der Waals surface area contributed by atoms with Crippen molar-refractivity contribution < 1.29 is 4.74 Å². The Kier molecular flexibility index (Phi) is 4.73. The largest absolute Gasteiger partial charge is 0.486 e. The second kappa shape index (κ2) is 6.52. The van der Waals surface area contributed by atoms with Crippen molar-refractivity contribution in [3.8, 4) is 5.75 Å². The van der Waals surface area contributed by atoms with E-state index in [-0.39, 0.29) is 6.04 Å². The van der Waals surface area contributed by atoms with Crippen molar-refractivity contribution in [1.29, 1.82) is 0 Å². The van der Waals surface area contributed by atoms with Crippen LogP contribution in [0.5, 0.6) is 5.75 Å². The summed E-state index contributed by atoms with van der Waals surface area (Å²) in [5, 5.41) is 2.95. The Morgan fingerprint density at radius 2 is 2.33 bits per heavy atom. The van der Waals surface area contributed by atoms with Crippen LogP contribution in [0.25, 0.3) is 0 Å². The van der Waals surface area contributed by atoms with Gasteiger partial charge in [0.25, 0.3) is 0 Å². The number of rotatable bonds is 6. The topological polar surface area (TPSA) is 48.1 Å². The van der Waals surface area contributed by atoms with Crippen LogP contribution in [0.1, 0.15) is 23.9 Å². The molecule has 1 aromatic carbocycles. The fraction of sp³-hybridized carbons (Fsp3) is 0.357. The summed E-state index contributed by atoms with van der Waals surface area (Å²) in [7, 11) is 0. The molecule has 3 nitrogen and oxygen atoms in total. The summed E-state index contributed by atoms with van der Waals surface area (Å²) >= 11 is 1.60. The molecule has 0 saturated heterocycles. The SMILES string of the molecule is CCC(N)Cc1cccc(OCc2nccs2)c1. The van der Waals surface area contributed by atoms with Gasteiger partial charge in [-0.3, -0.25) is 0 Å². The number of thiazole rings is 1. The van der Waals surface area contributed by atoms with Crippen LogP contribution >= 0.6 is 11.3 Å².